The van der Waals surface area contributed by atoms with Crippen LogP contribution >= 0.6 is 11.8 Å². The molecule has 1 atom stereocenters. The molecule has 0 saturated carbocycles. The van der Waals surface area contributed by atoms with Crippen molar-refractivity contribution < 1.29 is 14.7 Å². The highest BCUT2D eigenvalue weighted by atomic mass is 32.2. The van der Waals surface area contributed by atoms with Gasteiger partial charge in [-0.2, -0.15) is 11.8 Å². The van der Waals surface area contributed by atoms with Crippen LogP contribution in [0.3, 0.4) is 0 Å². The minimum atomic E-state index is -0.921. The van der Waals surface area contributed by atoms with Crippen LogP contribution in [0.15, 0.2) is 18.2 Å². The van der Waals surface area contributed by atoms with E-state index in [1.807, 2.05) is 18.2 Å². The van der Waals surface area contributed by atoms with Gasteiger partial charge in [0.1, 0.15) is 6.04 Å². The fourth-order valence-electron chi connectivity index (χ4n) is 2.83. The minimum absolute atomic E-state index is 0.170. The number of aliphatic carboxylic acids is 1. The van der Waals surface area contributed by atoms with Gasteiger partial charge in [0.2, 0.25) is 0 Å². The van der Waals surface area contributed by atoms with E-state index >= 15 is 0 Å². The van der Waals surface area contributed by atoms with Gasteiger partial charge in [0, 0.05) is 30.2 Å². The monoisotopic (exact) mass is 306 g/mol. The standard InChI is InChI=1S/C15H18N2O3S/c18-14(17-5-6-21-9-13(17)15(19)20)11-2-1-10-3-4-16-8-12(10)7-11/h1-2,7,13,16H,3-6,8-9H2,(H,19,20). The number of hydrogen-bond acceptors (Lipinski definition) is 4. The number of hydrogen-bond donors (Lipinski definition) is 2. The summed E-state index contributed by atoms with van der Waals surface area (Å²) < 4.78 is 0. The number of carboxylic acids is 1. The van der Waals surface area contributed by atoms with Crippen LogP contribution in [0, 0.1) is 0 Å². The van der Waals surface area contributed by atoms with E-state index in [1.54, 1.807) is 11.8 Å². The van der Waals surface area contributed by atoms with Crippen molar-refractivity contribution in [2.75, 3.05) is 24.6 Å². The molecule has 0 spiro atoms. The van der Waals surface area contributed by atoms with E-state index in [1.165, 1.54) is 10.5 Å². The molecule has 112 valence electrons. The largest absolute Gasteiger partial charge is 0.480 e. The second-order valence-electron chi connectivity index (χ2n) is 5.34. The third-order valence-electron chi connectivity index (χ3n) is 4.01. The molecule has 21 heavy (non-hydrogen) atoms. The van der Waals surface area contributed by atoms with Gasteiger partial charge >= 0.3 is 5.97 Å². The number of benzene rings is 1. The summed E-state index contributed by atoms with van der Waals surface area (Å²) in [5, 5.41) is 12.6. The molecule has 2 aliphatic heterocycles. The zero-order valence-electron chi connectivity index (χ0n) is 11.7. The molecule has 3 rings (SSSR count). The van der Waals surface area contributed by atoms with Crippen LogP contribution in [-0.2, 0) is 17.8 Å². The van der Waals surface area contributed by atoms with E-state index in [4.69, 9.17) is 0 Å². The molecule has 1 unspecified atom stereocenters. The zero-order valence-corrected chi connectivity index (χ0v) is 12.5. The molecule has 1 saturated heterocycles. The SMILES string of the molecule is O=C(O)C1CSCCN1C(=O)c1ccc2c(c1)CNCC2. The average molecular weight is 306 g/mol. The van der Waals surface area contributed by atoms with Gasteiger partial charge in [0.05, 0.1) is 0 Å². The van der Waals surface area contributed by atoms with Crippen molar-refractivity contribution in [3.05, 3.63) is 34.9 Å². The third-order valence-corrected chi connectivity index (χ3v) is 5.04. The van der Waals surface area contributed by atoms with Crippen LogP contribution in [0.5, 0.6) is 0 Å². The highest BCUT2D eigenvalue weighted by Gasteiger charge is 2.33. The molecule has 0 bridgehead atoms. The van der Waals surface area contributed by atoms with E-state index in [0.717, 1.165) is 30.8 Å². The fraction of sp³-hybridized carbons (Fsp3) is 0.467. The van der Waals surface area contributed by atoms with Crippen molar-refractivity contribution in [3.8, 4) is 0 Å². The summed E-state index contributed by atoms with van der Waals surface area (Å²) in [6.07, 6.45) is 0.974. The highest BCUT2D eigenvalue weighted by Crippen LogP contribution is 2.22. The summed E-state index contributed by atoms with van der Waals surface area (Å²) in [5.41, 5.74) is 3.01. The van der Waals surface area contributed by atoms with Crippen LogP contribution in [0.1, 0.15) is 21.5 Å². The van der Waals surface area contributed by atoms with Gasteiger partial charge in [0.25, 0.3) is 5.91 Å². The number of nitrogens with one attached hydrogen (secondary N) is 1. The molecular weight excluding hydrogens is 288 g/mol. The number of carboxylic acid groups (broad SMARTS) is 1. The van der Waals surface area contributed by atoms with Crippen LogP contribution in [0.4, 0.5) is 0 Å². The van der Waals surface area contributed by atoms with E-state index in [9.17, 15) is 14.7 Å². The van der Waals surface area contributed by atoms with Crippen molar-refractivity contribution in [1.29, 1.82) is 0 Å². The number of rotatable bonds is 2. The summed E-state index contributed by atoms with van der Waals surface area (Å²) in [5.74, 6) is 0.168. The second kappa shape index (κ2) is 6.07. The van der Waals surface area contributed by atoms with E-state index in [-0.39, 0.29) is 5.91 Å². The van der Waals surface area contributed by atoms with Crippen LogP contribution in [-0.4, -0.2) is 52.5 Å². The van der Waals surface area contributed by atoms with E-state index < -0.39 is 12.0 Å². The molecule has 1 aromatic rings. The van der Waals surface area contributed by atoms with Gasteiger partial charge in [-0.05, 0) is 36.2 Å². The van der Waals surface area contributed by atoms with E-state index in [2.05, 4.69) is 5.32 Å². The molecule has 0 radical (unpaired) electrons. The summed E-state index contributed by atoms with van der Waals surface area (Å²) in [7, 11) is 0. The second-order valence-corrected chi connectivity index (χ2v) is 6.49. The minimum Gasteiger partial charge on any atom is -0.480 e. The van der Waals surface area contributed by atoms with Crippen molar-refractivity contribution >= 4 is 23.6 Å². The maximum atomic E-state index is 12.6. The van der Waals surface area contributed by atoms with Gasteiger partial charge in [-0.1, -0.05) is 6.07 Å². The fourth-order valence-corrected chi connectivity index (χ4v) is 3.87. The van der Waals surface area contributed by atoms with Crippen LogP contribution in [0.2, 0.25) is 0 Å². The lowest BCUT2D eigenvalue weighted by Gasteiger charge is -2.33. The van der Waals surface area contributed by atoms with Gasteiger partial charge in [-0.3, -0.25) is 4.79 Å². The molecule has 1 aromatic carbocycles. The van der Waals surface area contributed by atoms with E-state index in [0.29, 0.717) is 17.9 Å². The third kappa shape index (κ3) is 2.91. The summed E-state index contributed by atoms with van der Waals surface area (Å²) in [4.78, 5) is 25.4. The molecule has 5 nitrogen and oxygen atoms in total. The lowest BCUT2D eigenvalue weighted by molar-refractivity contribution is -0.141. The Morgan fingerprint density at radius 1 is 1.33 bits per heavy atom. The van der Waals surface area contributed by atoms with Crippen LogP contribution in [0.25, 0.3) is 0 Å². The first-order valence-corrected chi connectivity index (χ1v) is 8.26. The Hall–Kier alpha value is -1.53. The quantitative estimate of drug-likeness (QED) is 0.852. The molecule has 2 heterocycles. The lowest BCUT2D eigenvalue weighted by atomic mass is 9.98. The van der Waals surface area contributed by atoms with Gasteiger partial charge in [0.15, 0.2) is 0 Å². The molecule has 1 amide bonds. The summed E-state index contributed by atoms with van der Waals surface area (Å²) in [6.45, 7) is 2.23. The zero-order chi connectivity index (χ0) is 14.8. The molecule has 1 fully saturated rings. The highest BCUT2D eigenvalue weighted by molar-refractivity contribution is 7.99. The predicted octanol–water partition coefficient (Wildman–Crippen LogP) is 0.974. The molecule has 2 N–H and O–H groups in total. The maximum Gasteiger partial charge on any atom is 0.327 e. The molecule has 0 aliphatic carbocycles. The van der Waals surface area contributed by atoms with Crippen molar-refractivity contribution in [1.82, 2.24) is 10.2 Å². The maximum absolute atomic E-state index is 12.6. The number of nitrogens with zero attached hydrogens (tertiary/aromatic N) is 1. The summed E-state index contributed by atoms with van der Waals surface area (Å²) >= 11 is 1.59. The van der Waals surface area contributed by atoms with Crippen molar-refractivity contribution in [2.45, 2.75) is 19.0 Å². The Morgan fingerprint density at radius 2 is 2.19 bits per heavy atom. The number of amides is 1. The Balaban J connectivity index is 1.85. The predicted molar refractivity (Wildman–Crippen MR) is 81.6 cm³/mol. The lowest BCUT2D eigenvalue weighted by Crippen LogP contribution is -2.50. The normalized spacial score (nSPS) is 21.7. The topological polar surface area (TPSA) is 69.6 Å². The van der Waals surface area contributed by atoms with Gasteiger partial charge in [-0.25, -0.2) is 4.79 Å². The smallest absolute Gasteiger partial charge is 0.327 e. The molecule has 6 heteroatoms. The first-order chi connectivity index (χ1) is 10.2. The average Bonchev–Trinajstić information content (AvgIpc) is 2.53. The number of carbonyl (C=O) groups excluding carboxylic acids is 1. The van der Waals surface area contributed by atoms with Gasteiger partial charge < -0.3 is 15.3 Å². The number of carbonyl (C=O) groups is 2. The van der Waals surface area contributed by atoms with Gasteiger partial charge in [-0.15, -0.1) is 0 Å². The summed E-state index contributed by atoms with van der Waals surface area (Å²) in [6, 6.07) is 5.01. The number of fused-ring (bicyclic) bond motifs is 1. The Kier molecular flexibility index (Phi) is 4.17. The molecule has 0 aromatic heterocycles. The molecular formula is C15H18N2O3S. The first kappa shape index (κ1) is 14.4. The van der Waals surface area contributed by atoms with Crippen molar-refractivity contribution in [3.63, 3.8) is 0 Å². The first-order valence-electron chi connectivity index (χ1n) is 7.11. The Bertz CT molecular complexity index is 576. The Labute approximate surface area is 127 Å². The number of thioether (sulfide) groups is 1. The Morgan fingerprint density at radius 3 is 3.00 bits per heavy atom. The molecule has 2 aliphatic rings. The van der Waals surface area contributed by atoms with Crippen molar-refractivity contribution in [2.24, 2.45) is 0 Å². The van der Waals surface area contributed by atoms with Crippen LogP contribution < -0.4 is 5.32 Å².